The van der Waals surface area contributed by atoms with Crippen LogP contribution in [0.3, 0.4) is 0 Å². The van der Waals surface area contributed by atoms with Crippen molar-refractivity contribution in [1.82, 2.24) is 10.3 Å². The minimum Gasteiger partial charge on any atom is -0.355 e. The van der Waals surface area contributed by atoms with Crippen LogP contribution >= 0.6 is 0 Å². The first kappa shape index (κ1) is 16.5. The van der Waals surface area contributed by atoms with Gasteiger partial charge in [-0.3, -0.25) is 14.6 Å². The van der Waals surface area contributed by atoms with E-state index in [9.17, 15) is 22.8 Å². The van der Waals surface area contributed by atoms with Crippen LogP contribution in [0.5, 0.6) is 0 Å². The molecule has 0 aliphatic carbocycles. The van der Waals surface area contributed by atoms with Gasteiger partial charge in [0.15, 0.2) is 0 Å². The fourth-order valence-electron chi connectivity index (χ4n) is 1.75. The number of benzene rings is 1. The number of anilines is 1. The molecule has 0 unspecified atom stereocenters. The number of carbonyl (C=O) groups excluding carboxylic acids is 2. The predicted molar refractivity (Wildman–Crippen MR) is 77.0 cm³/mol. The monoisotopic (exact) mass is 323 g/mol. The standard InChI is InChI=1S/C15H12F3N3O2/c1-19-13(22)9-2-5-11(6-3-9)21-14(23)10-4-7-12(20-8-10)15(16,17)18/h2-8H,1H3,(H,19,22)(H,21,23). The highest BCUT2D eigenvalue weighted by Crippen LogP contribution is 2.27. The Morgan fingerprint density at radius 2 is 1.57 bits per heavy atom. The van der Waals surface area contributed by atoms with Crippen molar-refractivity contribution in [1.29, 1.82) is 0 Å². The summed E-state index contributed by atoms with van der Waals surface area (Å²) in [7, 11) is 1.50. The van der Waals surface area contributed by atoms with Crippen molar-refractivity contribution < 1.29 is 22.8 Å². The number of hydrogen-bond acceptors (Lipinski definition) is 3. The molecule has 2 amide bonds. The molecular weight excluding hydrogens is 311 g/mol. The van der Waals surface area contributed by atoms with E-state index in [0.29, 0.717) is 11.3 Å². The molecule has 1 aromatic heterocycles. The Balaban J connectivity index is 2.08. The van der Waals surface area contributed by atoms with Gasteiger partial charge in [0.05, 0.1) is 5.56 Å². The van der Waals surface area contributed by atoms with E-state index in [2.05, 4.69) is 15.6 Å². The molecule has 2 rings (SSSR count). The Hall–Kier alpha value is -2.90. The number of pyridine rings is 1. The smallest absolute Gasteiger partial charge is 0.355 e. The van der Waals surface area contributed by atoms with Crippen LogP contribution in [0.4, 0.5) is 18.9 Å². The lowest BCUT2D eigenvalue weighted by atomic mass is 10.2. The molecule has 0 spiro atoms. The number of nitrogens with one attached hydrogen (secondary N) is 2. The molecule has 2 N–H and O–H groups in total. The third-order valence-electron chi connectivity index (χ3n) is 2.95. The first-order valence-corrected chi connectivity index (χ1v) is 6.48. The Kier molecular flexibility index (Phi) is 4.63. The molecule has 0 radical (unpaired) electrons. The molecule has 0 fully saturated rings. The molecule has 0 saturated carbocycles. The van der Waals surface area contributed by atoms with Crippen molar-refractivity contribution in [2.24, 2.45) is 0 Å². The Labute approximate surface area is 129 Å². The summed E-state index contributed by atoms with van der Waals surface area (Å²) < 4.78 is 37.2. The van der Waals surface area contributed by atoms with Crippen molar-refractivity contribution >= 4 is 17.5 Å². The molecule has 0 saturated heterocycles. The fraction of sp³-hybridized carbons (Fsp3) is 0.133. The summed E-state index contributed by atoms with van der Waals surface area (Å²) in [6.45, 7) is 0. The molecule has 1 heterocycles. The Morgan fingerprint density at radius 1 is 0.957 bits per heavy atom. The summed E-state index contributed by atoms with van der Waals surface area (Å²) in [6, 6.07) is 7.84. The second-order valence-corrected chi connectivity index (χ2v) is 4.54. The summed E-state index contributed by atoms with van der Waals surface area (Å²) in [5.74, 6) is -0.867. The highest BCUT2D eigenvalue weighted by molar-refractivity contribution is 6.04. The van der Waals surface area contributed by atoms with Gasteiger partial charge in [-0.2, -0.15) is 13.2 Å². The van der Waals surface area contributed by atoms with E-state index in [1.165, 1.54) is 31.3 Å². The SMILES string of the molecule is CNC(=O)c1ccc(NC(=O)c2ccc(C(F)(F)F)nc2)cc1. The number of carbonyl (C=O) groups is 2. The summed E-state index contributed by atoms with van der Waals surface area (Å²) in [5, 5.41) is 4.97. The van der Waals surface area contributed by atoms with Crippen LogP contribution in [0.1, 0.15) is 26.4 Å². The van der Waals surface area contributed by atoms with Gasteiger partial charge in [-0.1, -0.05) is 0 Å². The number of amides is 2. The van der Waals surface area contributed by atoms with Crippen molar-refractivity contribution in [2.75, 3.05) is 12.4 Å². The molecular formula is C15H12F3N3O2. The fourth-order valence-corrected chi connectivity index (χ4v) is 1.75. The van der Waals surface area contributed by atoms with Gasteiger partial charge >= 0.3 is 6.18 Å². The molecule has 0 aliphatic rings. The largest absolute Gasteiger partial charge is 0.433 e. The zero-order valence-corrected chi connectivity index (χ0v) is 11.9. The van der Waals surface area contributed by atoms with E-state index in [0.717, 1.165) is 18.3 Å². The number of halogens is 3. The van der Waals surface area contributed by atoms with Crippen molar-refractivity contribution in [3.05, 3.63) is 59.4 Å². The molecule has 0 bridgehead atoms. The Morgan fingerprint density at radius 3 is 2.04 bits per heavy atom. The van der Waals surface area contributed by atoms with E-state index in [-0.39, 0.29) is 11.5 Å². The summed E-state index contributed by atoms with van der Waals surface area (Å²) in [4.78, 5) is 26.5. The number of alkyl halides is 3. The van der Waals surface area contributed by atoms with Crippen molar-refractivity contribution in [3.63, 3.8) is 0 Å². The van der Waals surface area contributed by atoms with Crippen LogP contribution in [0.2, 0.25) is 0 Å². The topological polar surface area (TPSA) is 71.1 Å². The lowest BCUT2D eigenvalue weighted by Crippen LogP contribution is -2.18. The molecule has 5 nitrogen and oxygen atoms in total. The van der Waals surface area contributed by atoms with E-state index in [1.54, 1.807) is 0 Å². The first-order chi connectivity index (χ1) is 10.8. The van der Waals surface area contributed by atoms with Gasteiger partial charge in [-0.15, -0.1) is 0 Å². The van der Waals surface area contributed by atoms with Gasteiger partial charge in [0.25, 0.3) is 11.8 Å². The van der Waals surface area contributed by atoms with Crippen molar-refractivity contribution in [3.8, 4) is 0 Å². The maximum Gasteiger partial charge on any atom is 0.433 e. The van der Waals surface area contributed by atoms with E-state index in [4.69, 9.17) is 0 Å². The highest BCUT2D eigenvalue weighted by Gasteiger charge is 2.32. The maximum atomic E-state index is 12.4. The third kappa shape index (κ3) is 4.06. The normalized spacial score (nSPS) is 11.0. The Bertz CT molecular complexity index is 710. The summed E-state index contributed by atoms with van der Waals surface area (Å²) in [6.07, 6.45) is -3.69. The zero-order chi connectivity index (χ0) is 17.0. The molecule has 0 aliphatic heterocycles. The minimum atomic E-state index is -4.55. The first-order valence-electron chi connectivity index (χ1n) is 6.48. The number of aromatic nitrogens is 1. The molecule has 8 heteroatoms. The molecule has 1 aromatic carbocycles. The highest BCUT2D eigenvalue weighted by atomic mass is 19.4. The number of rotatable bonds is 3. The van der Waals surface area contributed by atoms with Gasteiger partial charge in [0.2, 0.25) is 0 Å². The second-order valence-electron chi connectivity index (χ2n) is 4.54. The van der Waals surface area contributed by atoms with Gasteiger partial charge < -0.3 is 10.6 Å². The maximum absolute atomic E-state index is 12.4. The van der Waals surface area contributed by atoms with Crippen LogP contribution in [-0.4, -0.2) is 23.8 Å². The van der Waals surface area contributed by atoms with Crippen LogP contribution in [-0.2, 0) is 6.18 Å². The van der Waals surface area contributed by atoms with E-state index < -0.39 is 17.8 Å². The molecule has 23 heavy (non-hydrogen) atoms. The second kappa shape index (κ2) is 6.47. The average molecular weight is 323 g/mol. The minimum absolute atomic E-state index is 0.00613. The van der Waals surface area contributed by atoms with E-state index >= 15 is 0 Å². The lowest BCUT2D eigenvalue weighted by Gasteiger charge is -2.08. The lowest BCUT2D eigenvalue weighted by molar-refractivity contribution is -0.141. The molecule has 120 valence electrons. The van der Waals surface area contributed by atoms with Gasteiger partial charge in [-0.05, 0) is 36.4 Å². The summed E-state index contributed by atoms with van der Waals surface area (Å²) in [5.41, 5.74) is -0.249. The molecule has 0 atom stereocenters. The predicted octanol–water partition coefficient (Wildman–Crippen LogP) is 2.71. The van der Waals surface area contributed by atoms with Gasteiger partial charge in [0.1, 0.15) is 5.69 Å². The van der Waals surface area contributed by atoms with Crippen LogP contribution in [0, 0.1) is 0 Å². The van der Waals surface area contributed by atoms with Gasteiger partial charge in [0, 0.05) is 24.5 Å². The van der Waals surface area contributed by atoms with E-state index in [1.807, 2.05) is 0 Å². The summed E-state index contributed by atoms with van der Waals surface area (Å²) >= 11 is 0. The third-order valence-corrected chi connectivity index (χ3v) is 2.95. The van der Waals surface area contributed by atoms with Crippen LogP contribution < -0.4 is 10.6 Å². The average Bonchev–Trinajstić information content (AvgIpc) is 2.54. The van der Waals surface area contributed by atoms with Gasteiger partial charge in [-0.25, -0.2) is 0 Å². The van der Waals surface area contributed by atoms with Crippen LogP contribution in [0.25, 0.3) is 0 Å². The number of hydrogen-bond donors (Lipinski definition) is 2. The van der Waals surface area contributed by atoms with Crippen molar-refractivity contribution in [2.45, 2.75) is 6.18 Å². The quantitative estimate of drug-likeness (QED) is 0.912. The zero-order valence-electron chi connectivity index (χ0n) is 11.9. The van der Waals surface area contributed by atoms with Crippen LogP contribution in [0.15, 0.2) is 42.6 Å². The molecule has 2 aromatic rings. The number of nitrogens with zero attached hydrogens (tertiary/aromatic N) is 1.